The molecule has 9 nitrogen and oxygen atoms in total. The highest BCUT2D eigenvalue weighted by Crippen LogP contribution is 2.28. The summed E-state index contributed by atoms with van der Waals surface area (Å²) in [7, 11) is 0. The minimum absolute atomic E-state index is 0.0146. The molecule has 1 aromatic heterocycles. The fourth-order valence-corrected chi connectivity index (χ4v) is 4.82. The lowest BCUT2D eigenvalue weighted by molar-refractivity contribution is -0.119. The van der Waals surface area contributed by atoms with Crippen LogP contribution in [0, 0.1) is 5.82 Å². The zero-order valence-corrected chi connectivity index (χ0v) is 22.0. The molecule has 2 aliphatic rings. The minimum atomic E-state index is -0.630. The van der Waals surface area contributed by atoms with Gasteiger partial charge in [-0.3, -0.25) is 15.0 Å². The number of amides is 3. The van der Waals surface area contributed by atoms with E-state index in [9.17, 15) is 14.0 Å². The van der Waals surface area contributed by atoms with E-state index in [2.05, 4.69) is 25.8 Å². The van der Waals surface area contributed by atoms with Crippen LogP contribution < -0.4 is 20.7 Å². The molecule has 2 fully saturated rings. The molecule has 39 heavy (non-hydrogen) atoms. The predicted molar refractivity (Wildman–Crippen MR) is 150 cm³/mol. The van der Waals surface area contributed by atoms with Gasteiger partial charge in [-0.1, -0.05) is 30.3 Å². The highest BCUT2D eigenvalue weighted by atomic mass is 32.1. The molecule has 0 unspecified atom stereocenters. The van der Waals surface area contributed by atoms with Gasteiger partial charge in [-0.15, -0.1) is 0 Å². The second-order valence-electron chi connectivity index (χ2n) is 9.52. The molecular weight excluding hydrogens is 519 g/mol. The molecule has 3 N–H and O–H groups in total. The molecule has 3 amide bonds. The summed E-state index contributed by atoms with van der Waals surface area (Å²) >= 11 is 5.18. The van der Waals surface area contributed by atoms with Crippen molar-refractivity contribution >= 4 is 40.8 Å². The van der Waals surface area contributed by atoms with Crippen molar-refractivity contribution in [2.75, 3.05) is 36.8 Å². The Labute approximate surface area is 231 Å². The van der Waals surface area contributed by atoms with E-state index in [0.717, 1.165) is 18.7 Å². The fraction of sp³-hybridized carbons (Fsp3) is 0.286. The number of benzene rings is 2. The molecule has 11 heteroatoms. The van der Waals surface area contributed by atoms with Gasteiger partial charge in [0.25, 0.3) is 0 Å². The summed E-state index contributed by atoms with van der Waals surface area (Å²) in [6, 6.07) is 16.9. The third kappa shape index (κ3) is 7.06. The number of nitrogens with one attached hydrogen (secondary N) is 3. The quantitative estimate of drug-likeness (QED) is 0.377. The molecule has 0 bridgehead atoms. The number of thiocarbonyl (C=S) groups is 1. The molecule has 3 aromatic rings. The van der Waals surface area contributed by atoms with Crippen molar-refractivity contribution in [1.82, 2.24) is 20.1 Å². The summed E-state index contributed by atoms with van der Waals surface area (Å²) in [4.78, 5) is 33.1. The number of rotatable bonds is 7. The van der Waals surface area contributed by atoms with Crippen molar-refractivity contribution in [3.05, 3.63) is 78.2 Å². The number of hydrogen-bond acceptors (Lipinski definition) is 6. The first-order valence-corrected chi connectivity index (χ1v) is 13.2. The number of likely N-dealkylation sites (tertiary alicyclic amines) is 2. The van der Waals surface area contributed by atoms with Gasteiger partial charge in [0.15, 0.2) is 16.7 Å². The first kappa shape index (κ1) is 26.5. The number of aromatic nitrogens is 1. The maximum atomic E-state index is 14.8. The number of anilines is 2. The van der Waals surface area contributed by atoms with E-state index in [1.807, 2.05) is 30.3 Å². The molecule has 3 heterocycles. The summed E-state index contributed by atoms with van der Waals surface area (Å²) < 4.78 is 20.5. The highest BCUT2D eigenvalue weighted by Gasteiger charge is 2.35. The Balaban J connectivity index is 1.11. The Bertz CT molecular complexity index is 1350. The van der Waals surface area contributed by atoms with Gasteiger partial charge >= 0.3 is 6.03 Å². The normalized spacial score (nSPS) is 15.4. The first-order chi connectivity index (χ1) is 18.9. The number of nitrogens with zero attached hydrogens (tertiary/aromatic N) is 3. The number of ether oxygens (including phenoxy) is 1. The molecule has 2 saturated heterocycles. The SMILES string of the molecule is O=C(Cc1ccccc1)NC(=S)Nc1ccc(Oc2ccnc(NC(=O)N3CC(N4CCCC4)C3)c2)c(F)c1. The smallest absolute Gasteiger partial charge is 0.323 e. The molecule has 5 rings (SSSR count). The van der Waals surface area contributed by atoms with Crippen LogP contribution in [0.15, 0.2) is 66.9 Å². The Morgan fingerprint density at radius 1 is 1.03 bits per heavy atom. The van der Waals surface area contributed by atoms with Crippen molar-refractivity contribution in [2.45, 2.75) is 25.3 Å². The predicted octanol–water partition coefficient (Wildman–Crippen LogP) is 4.38. The van der Waals surface area contributed by atoms with Crippen LogP contribution in [0.4, 0.5) is 20.7 Å². The van der Waals surface area contributed by atoms with Gasteiger partial charge in [0.1, 0.15) is 11.6 Å². The first-order valence-electron chi connectivity index (χ1n) is 12.8. The van der Waals surface area contributed by atoms with Crippen molar-refractivity contribution < 1.29 is 18.7 Å². The highest BCUT2D eigenvalue weighted by molar-refractivity contribution is 7.80. The molecule has 0 saturated carbocycles. The summed E-state index contributed by atoms with van der Waals surface area (Å²) in [6.07, 6.45) is 4.11. The molecule has 0 aliphatic carbocycles. The van der Waals surface area contributed by atoms with Crippen LogP contribution >= 0.6 is 12.2 Å². The van der Waals surface area contributed by atoms with Gasteiger partial charge in [-0.25, -0.2) is 14.2 Å². The van der Waals surface area contributed by atoms with Crippen LogP contribution in [0.25, 0.3) is 0 Å². The monoisotopic (exact) mass is 548 g/mol. The van der Waals surface area contributed by atoms with Crippen LogP contribution in [0.2, 0.25) is 0 Å². The number of halogens is 1. The molecule has 0 radical (unpaired) electrons. The fourth-order valence-electron chi connectivity index (χ4n) is 4.59. The van der Waals surface area contributed by atoms with Crippen LogP contribution in [0.5, 0.6) is 11.5 Å². The van der Waals surface area contributed by atoms with E-state index < -0.39 is 5.82 Å². The molecular formula is C28H29FN6O3S. The summed E-state index contributed by atoms with van der Waals surface area (Å²) in [5.74, 6) is -0.284. The molecule has 2 aliphatic heterocycles. The summed E-state index contributed by atoms with van der Waals surface area (Å²) in [5.41, 5.74) is 1.21. The lowest BCUT2D eigenvalue weighted by Crippen LogP contribution is -2.61. The van der Waals surface area contributed by atoms with Gasteiger partial charge < -0.3 is 20.3 Å². The van der Waals surface area contributed by atoms with Crippen molar-refractivity contribution in [1.29, 1.82) is 0 Å². The summed E-state index contributed by atoms with van der Waals surface area (Å²) in [5, 5.41) is 8.23. The number of hydrogen-bond donors (Lipinski definition) is 3. The molecule has 0 atom stereocenters. The van der Waals surface area contributed by atoms with Gasteiger partial charge in [-0.2, -0.15) is 0 Å². The van der Waals surface area contributed by atoms with E-state index in [0.29, 0.717) is 36.4 Å². The average molecular weight is 549 g/mol. The third-order valence-electron chi connectivity index (χ3n) is 6.65. The number of carbonyl (C=O) groups excluding carboxylic acids is 2. The van der Waals surface area contributed by atoms with Gasteiger partial charge in [0, 0.05) is 43.1 Å². The number of pyridine rings is 1. The van der Waals surface area contributed by atoms with Crippen molar-refractivity contribution in [3.63, 3.8) is 0 Å². The molecule has 0 spiro atoms. The second-order valence-corrected chi connectivity index (χ2v) is 9.93. The van der Waals surface area contributed by atoms with E-state index >= 15 is 0 Å². The van der Waals surface area contributed by atoms with Crippen molar-refractivity contribution in [3.8, 4) is 11.5 Å². The topological polar surface area (TPSA) is 98.8 Å². The Morgan fingerprint density at radius 2 is 1.79 bits per heavy atom. The Morgan fingerprint density at radius 3 is 2.54 bits per heavy atom. The third-order valence-corrected chi connectivity index (χ3v) is 6.86. The maximum Gasteiger partial charge on any atom is 0.323 e. The molecule has 202 valence electrons. The van der Waals surface area contributed by atoms with E-state index in [-0.39, 0.29) is 29.2 Å². The van der Waals surface area contributed by atoms with Crippen LogP contribution in [-0.4, -0.2) is 64.1 Å². The zero-order chi connectivity index (χ0) is 27.2. The largest absolute Gasteiger partial charge is 0.454 e. The van der Waals surface area contributed by atoms with Crippen molar-refractivity contribution in [2.24, 2.45) is 0 Å². The molecule has 2 aromatic carbocycles. The lowest BCUT2D eigenvalue weighted by Gasteiger charge is -2.43. The van der Waals surface area contributed by atoms with E-state index in [1.54, 1.807) is 23.1 Å². The number of urea groups is 1. The van der Waals surface area contributed by atoms with Gasteiger partial charge in [0.05, 0.1) is 6.42 Å². The zero-order valence-electron chi connectivity index (χ0n) is 21.2. The lowest BCUT2D eigenvalue weighted by atomic mass is 10.1. The van der Waals surface area contributed by atoms with Crippen LogP contribution in [0.1, 0.15) is 18.4 Å². The summed E-state index contributed by atoms with van der Waals surface area (Å²) in [6.45, 7) is 3.61. The minimum Gasteiger partial charge on any atom is -0.454 e. The Kier molecular flexibility index (Phi) is 8.28. The van der Waals surface area contributed by atoms with Gasteiger partial charge in [-0.05, 0) is 61.9 Å². The second kappa shape index (κ2) is 12.2. The number of carbonyl (C=O) groups is 2. The van der Waals surface area contributed by atoms with Gasteiger partial charge in [0.2, 0.25) is 5.91 Å². The van der Waals surface area contributed by atoms with E-state index in [1.165, 1.54) is 31.2 Å². The average Bonchev–Trinajstić information content (AvgIpc) is 3.40. The van der Waals surface area contributed by atoms with E-state index in [4.69, 9.17) is 17.0 Å². The van der Waals surface area contributed by atoms with Crippen LogP contribution in [0.3, 0.4) is 0 Å². The van der Waals surface area contributed by atoms with Crippen LogP contribution in [-0.2, 0) is 11.2 Å². The standard InChI is InChI=1S/C28H29FN6O3S/c29-23-15-20(31-27(39)33-26(36)14-19-6-2-1-3-7-19)8-9-24(23)38-22-10-11-30-25(16-22)32-28(37)35-17-21(18-35)34-12-4-5-13-34/h1-3,6-11,15-16,21H,4-5,12-14,17-18H2,(H,30,32,37)(H2,31,33,36,39). The Hall–Kier alpha value is -4.09. The maximum absolute atomic E-state index is 14.8.